The Hall–Kier alpha value is -1.23. The molecule has 2 aromatic rings. The highest BCUT2D eigenvalue weighted by Crippen LogP contribution is 2.26. The van der Waals surface area contributed by atoms with Crippen molar-refractivity contribution >= 4 is 27.5 Å². The molecule has 3 nitrogen and oxygen atoms in total. The average molecular weight is 358 g/mol. The second kappa shape index (κ2) is 7.53. The fourth-order valence-corrected chi connectivity index (χ4v) is 2.16. The van der Waals surface area contributed by atoms with Gasteiger partial charge in [0.15, 0.2) is 0 Å². The molecule has 0 aromatic heterocycles. The molecule has 1 N–H and O–H groups in total. The number of hydrogen-bond acceptors (Lipinski definition) is 3. The van der Waals surface area contributed by atoms with E-state index in [9.17, 15) is 5.11 Å². The fourth-order valence-electron chi connectivity index (χ4n) is 1.67. The summed E-state index contributed by atoms with van der Waals surface area (Å²) in [6, 6.07) is 12.9. The van der Waals surface area contributed by atoms with Gasteiger partial charge in [0, 0.05) is 15.1 Å². The molecule has 0 bridgehead atoms. The number of rotatable bonds is 6. The third kappa shape index (κ3) is 4.13. The van der Waals surface area contributed by atoms with E-state index in [0.717, 1.165) is 10.2 Å². The van der Waals surface area contributed by atoms with Crippen molar-refractivity contribution < 1.29 is 14.6 Å². The molecule has 0 amide bonds. The smallest absolute Gasteiger partial charge is 0.126 e. The zero-order valence-corrected chi connectivity index (χ0v) is 13.0. The SMILES string of the molecule is OCc1c(Cl)cccc1OCCOc1ccc(Br)cc1. The molecule has 0 fully saturated rings. The van der Waals surface area contributed by atoms with Crippen molar-refractivity contribution in [1.82, 2.24) is 0 Å². The highest BCUT2D eigenvalue weighted by molar-refractivity contribution is 9.10. The number of aliphatic hydroxyl groups excluding tert-OH is 1. The van der Waals surface area contributed by atoms with Gasteiger partial charge in [-0.1, -0.05) is 33.6 Å². The highest BCUT2D eigenvalue weighted by Gasteiger charge is 2.06. The van der Waals surface area contributed by atoms with Crippen molar-refractivity contribution in [2.45, 2.75) is 6.61 Å². The molecule has 20 heavy (non-hydrogen) atoms. The van der Waals surface area contributed by atoms with Gasteiger partial charge >= 0.3 is 0 Å². The summed E-state index contributed by atoms with van der Waals surface area (Å²) in [5, 5.41) is 9.76. The van der Waals surface area contributed by atoms with Crippen molar-refractivity contribution in [2.75, 3.05) is 13.2 Å². The van der Waals surface area contributed by atoms with Crippen molar-refractivity contribution in [3.63, 3.8) is 0 Å². The van der Waals surface area contributed by atoms with Crippen LogP contribution in [0.25, 0.3) is 0 Å². The Morgan fingerprint density at radius 2 is 1.70 bits per heavy atom. The summed E-state index contributed by atoms with van der Waals surface area (Å²) in [7, 11) is 0. The first-order valence-electron chi connectivity index (χ1n) is 6.10. The van der Waals surface area contributed by atoms with Crippen LogP contribution in [-0.4, -0.2) is 18.3 Å². The van der Waals surface area contributed by atoms with Gasteiger partial charge in [-0.05, 0) is 36.4 Å². The van der Waals surface area contributed by atoms with Crippen LogP contribution >= 0.6 is 27.5 Å². The highest BCUT2D eigenvalue weighted by atomic mass is 79.9. The first-order valence-corrected chi connectivity index (χ1v) is 7.27. The summed E-state index contributed by atoms with van der Waals surface area (Å²) in [6.07, 6.45) is 0. The summed E-state index contributed by atoms with van der Waals surface area (Å²) in [5.74, 6) is 1.37. The molecule has 0 spiro atoms. The molecule has 0 saturated heterocycles. The Kier molecular flexibility index (Phi) is 5.71. The molecular weight excluding hydrogens is 344 g/mol. The summed E-state index contributed by atoms with van der Waals surface area (Å²) in [6.45, 7) is 0.644. The molecule has 2 rings (SSSR count). The van der Waals surface area contributed by atoms with Crippen LogP contribution in [0.2, 0.25) is 5.02 Å². The molecule has 106 valence electrons. The van der Waals surface area contributed by atoms with Crippen LogP contribution in [0.15, 0.2) is 46.9 Å². The average Bonchev–Trinajstić information content (AvgIpc) is 2.45. The minimum absolute atomic E-state index is 0.150. The maximum absolute atomic E-state index is 9.26. The molecule has 0 aliphatic rings. The lowest BCUT2D eigenvalue weighted by atomic mass is 10.2. The quantitative estimate of drug-likeness (QED) is 0.793. The van der Waals surface area contributed by atoms with Crippen LogP contribution in [0.5, 0.6) is 11.5 Å². The second-order valence-electron chi connectivity index (χ2n) is 4.03. The number of ether oxygens (including phenoxy) is 2. The van der Waals surface area contributed by atoms with E-state index in [1.807, 2.05) is 24.3 Å². The molecule has 0 aliphatic heterocycles. The first kappa shape index (κ1) is 15.2. The molecular formula is C15H14BrClO3. The van der Waals surface area contributed by atoms with E-state index >= 15 is 0 Å². The Morgan fingerprint density at radius 3 is 2.40 bits per heavy atom. The van der Waals surface area contributed by atoms with Crippen molar-refractivity contribution in [3.8, 4) is 11.5 Å². The molecule has 2 aromatic carbocycles. The van der Waals surface area contributed by atoms with Gasteiger partial charge in [-0.25, -0.2) is 0 Å². The normalized spacial score (nSPS) is 10.3. The van der Waals surface area contributed by atoms with Crippen LogP contribution in [-0.2, 0) is 6.61 Å². The van der Waals surface area contributed by atoms with E-state index in [2.05, 4.69) is 15.9 Å². The minimum atomic E-state index is -0.150. The van der Waals surface area contributed by atoms with E-state index in [0.29, 0.717) is 29.5 Å². The van der Waals surface area contributed by atoms with Crippen molar-refractivity contribution in [1.29, 1.82) is 0 Å². The first-order chi connectivity index (χ1) is 9.70. The zero-order chi connectivity index (χ0) is 14.4. The van der Waals surface area contributed by atoms with Gasteiger partial charge in [0.25, 0.3) is 0 Å². The molecule has 0 radical (unpaired) electrons. The molecule has 0 saturated carbocycles. The van der Waals surface area contributed by atoms with Gasteiger partial charge < -0.3 is 14.6 Å². The van der Waals surface area contributed by atoms with Gasteiger partial charge in [-0.2, -0.15) is 0 Å². The fraction of sp³-hybridized carbons (Fsp3) is 0.200. The summed E-state index contributed by atoms with van der Waals surface area (Å²) in [4.78, 5) is 0. The van der Waals surface area contributed by atoms with Crippen LogP contribution in [0.3, 0.4) is 0 Å². The zero-order valence-electron chi connectivity index (χ0n) is 10.7. The lowest BCUT2D eigenvalue weighted by Crippen LogP contribution is -2.10. The van der Waals surface area contributed by atoms with E-state index in [-0.39, 0.29) is 6.61 Å². The molecule has 0 atom stereocenters. The maximum Gasteiger partial charge on any atom is 0.126 e. The minimum Gasteiger partial charge on any atom is -0.490 e. The number of hydrogen-bond donors (Lipinski definition) is 1. The van der Waals surface area contributed by atoms with Crippen LogP contribution in [0.1, 0.15) is 5.56 Å². The van der Waals surface area contributed by atoms with Gasteiger partial charge in [0.05, 0.1) is 6.61 Å². The Bertz CT molecular complexity index is 558. The Morgan fingerprint density at radius 1 is 1.00 bits per heavy atom. The van der Waals surface area contributed by atoms with E-state index in [4.69, 9.17) is 21.1 Å². The number of halogens is 2. The third-order valence-electron chi connectivity index (χ3n) is 2.66. The summed E-state index contributed by atoms with van der Waals surface area (Å²) < 4.78 is 12.1. The summed E-state index contributed by atoms with van der Waals surface area (Å²) >= 11 is 9.34. The predicted octanol–water partition coefficient (Wildman–Crippen LogP) is 4.05. The standard InChI is InChI=1S/C15H14BrClO3/c16-11-4-6-12(7-5-11)19-8-9-20-15-3-1-2-14(17)13(15)10-18/h1-7,18H,8-10H2. The number of aliphatic hydroxyl groups is 1. The monoisotopic (exact) mass is 356 g/mol. The lowest BCUT2D eigenvalue weighted by molar-refractivity contribution is 0.210. The summed E-state index contributed by atoms with van der Waals surface area (Å²) in [5.41, 5.74) is 0.595. The largest absolute Gasteiger partial charge is 0.490 e. The van der Waals surface area contributed by atoms with Crippen molar-refractivity contribution in [2.24, 2.45) is 0 Å². The van der Waals surface area contributed by atoms with Crippen LogP contribution in [0, 0.1) is 0 Å². The number of benzene rings is 2. The van der Waals surface area contributed by atoms with E-state index < -0.39 is 0 Å². The van der Waals surface area contributed by atoms with E-state index in [1.54, 1.807) is 18.2 Å². The Balaban J connectivity index is 1.84. The van der Waals surface area contributed by atoms with Gasteiger partial charge in [-0.15, -0.1) is 0 Å². The third-order valence-corrected chi connectivity index (χ3v) is 3.54. The van der Waals surface area contributed by atoms with Gasteiger partial charge in [0.1, 0.15) is 24.7 Å². The molecule has 0 unspecified atom stereocenters. The molecule has 0 aliphatic carbocycles. The molecule has 5 heteroatoms. The predicted molar refractivity (Wildman–Crippen MR) is 82.5 cm³/mol. The Labute approximate surface area is 131 Å². The van der Waals surface area contributed by atoms with Gasteiger partial charge in [-0.3, -0.25) is 0 Å². The van der Waals surface area contributed by atoms with Crippen LogP contribution in [0.4, 0.5) is 0 Å². The lowest BCUT2D eigenvalue weighted by Gasteiger charge is -2.12. The second-order valence-corrected chi connectivity index (χ2v) is 5.35. The van der Waals surface area contributed by atoms with Crippen molar-refractivity contribution in [3.05, 3.63) is 57.5 Å². The van der Waals surface area contributed by atoms with Crippen LogP contribution < -0.4 is 9.47 Å². The molecule has 0 heterocycles. The topological polar surface area (TPSA) is 38.7 Å². The van der Waals surface area contributed by atoms with Gasteiger partial charge in [0.2, 0.25) is 0 Å². The van der Waals surface area contributed by atoms with E-state index in [1.165, 1.54) is 0 Å². The maximum atomic E-state index is 9.26.